The zero-order valence-corrected chi connectivity index (χ0v) is 9.78. The van der Waals surface area contributed by atoms with E-state index in [4.69, 9.17) is 10.3 Å². The molecule has 0 saturated carbocycles. The number of benzene rings is 1. The molecule has 2 N–H and O–H groups in total. The van der Waals surface area contributed by atoms with Gasteiger partial charge in [-0.1, -0.05) is 17.3 Å². The Morgan fingerprint density at radius 1 is 1.12 bits per heavy atom. The Hall–Kier alpha value is -1.61. The average molecular weight is 228 g/mol. The zero-order valence-electron chi connectivity index (χ0n) is 9.78. The van der Waals surface area contributed by atoms with Crippen LogP contribution in [0.15, 0.2) is 28.8 Å². The van der Waals surface area contributed by atoms with Crippen LogP contribution in [0.4, 0.5) is 0 Å². The van der Waals surface area contributed by atoms with E-state index in [-0.39, 0.29) is 0 Å². The first-order valence-electron chi connectivity index (χ1n) is 6.14. The molecule has 88 valence electrons. The Balaban J connectivity index is 1.97. The van der Waals surface area contributed by atoms with Gasteiger partial charge in [-0.15, -0.1) is 0 Å². The lowest BCUT2D eigenvalue weighted by atomic mass is 9.90. The summed E-state index contributed by atoms with van der Waals surface area (Å²) < 4.78 is 5.14. The normalized spacial score (nSPS) is 14.6. The SMILES string of the molecule is NCc1cc(-c2ccc3c(c2)CCCC3)no1. The van der Waals surface area contributed by atoms with E-state index in [0.717, 1.165) is 17.0 Å². The molecule has 0 unspecified atom stereocenters. The number of aryl methyl sites for hydroxylation is 2. The largest absolute Gasteiger partial charge is 0.359 e. The van der Waals surface area contributed by atoms with Crippen LogP contribution in [-0.2, 0) is 19.4 Å². The van der Waals surface area contributed by atoms with Crippen LogP contribution in [0.3, 0.4) is 0 Å². The topological polar surface area (TPSA) is 52.0 Å². The molecular weight excluding hydrogens is 212 g/mol. The monoisotopic (exact) mass is 228 g/mol. The van der Waals surface area contributed by atoms with Crippen molar-refractivity contribution in [2.24, 2.45) is 5.73 Å². The number of fused-ring (bicyclic) bond motifs is 1. The first-order valence-corrected chi connectivity index (χ1v) is 6.14. The molecule has 0 spiro atoms. The van der Waals surface area contributed by atoms with Crippen LogP contribution in [0, 0.1) is 0 Å². The van der Waals surface area contributed by atoms with Crippen LogP contribution in [0.5, 0.6) is 0 Å². The van der Waals surface area contributed by atoms with E-state index in [1.54, 1.807) is 0 Å². The molecule has 0 bridgehead atoms. The molecule has 0 amide bonds. The Kier molecular flexibility index (Phi) is 2.69. The lowest BCUT2D eigenvalue weighted by Gasteiger charge is -2.15. The van der Waals surface area contributed by atoms with Crippen molar-refractivity contribution in [3.05, 3.63) is 41.2 Å². The molecule has 1 aromatic heterocycles. The highest BCUT2D eigenvalue weighted by Crippen LogP contribution is 2.27. The van der Waals surface area contributed by atoms with E-state index in [1.165, 1.54) is 36.8 Å². The molecule has 1 heterocycles. The molecule has 1 aromatic carbocycles. The first kappa shape index (κ1) is 10.5. The molecule has 3 rings (SSSR count). The number of nitrogens with two attached hydrogens (primary N) is 1. The van der Waals surface area contributed by atoms with Gasteiger partial charge in [0.1, 0.15) is 5.69 Å². The fourth-order valence-corrected chi connectivity index (χ4v) is 2.44. The Bertz CT molecular complexity index is 531. The molecule has 0 saturated heterocycles. The van der Waals surface area contributed by atoms with E-state index in [9.17, 15) is 0 Å². The van der Waals surface area contributed by atoms with Crippen molar-refractivity contribution in [2.45, 2.75) is 32.2 Å². The predicted molar refractivity (Wildman–Crippen MR) is 66.5 cm³/mol. The summed E-state index contributed by atoms with van der Waals surface area (Å²) in [6.45, 7) is 0.401. The fraction of sp³-hybridized carbons (Fsp3) is 0.357. The van der Waals surface area contributed by atoms with Gasteiger partial charge in [-0.05, 0) is 42.9 Å². The number of nitrogens with zero attached hydrogens (tertiary/aromatic N) is 1. The van der Waals surface area contributed by atoms with Gasteiger partial charge in [0.05, 0.1) is 6.54 Å². The standard InChI is InChI=1S/C14H16N2O/c15-9-13-8-14(16-17-13)12-6-5-10-3-1-2-4-11(10)7-12/h5-8H,1-4,9,15H2. The predicted octanol–water partition coefficient (Wildman–Crippen LogP) is 2.68. The third-order valence-corrected chi connectivity index (χ3v) is 3.40. The molecule has 1 aliphatic carbocycles. The van der Waals surface area contributed by atoms with Gasteiger partial charge in [-0.25, -0.2) is 0 Å². The molecule has 3 heteroatoms. The second kappa shape index (κ2) is 4.34. The van der Waals surface area contributed by atoms with Crippen molar-refractivity contribution < 1.29 is 4.52 Å². The smallest absolute Gasteiger partial charge is 0.150 e. The maximum Gasteiger partial charge on any atom is 0.150 e. The molecule has 1 aliphatic rings. The van der Waals surface area contributed by atoms with Crippen molar-refractivity contribution in [1.29, 1.82) is 0 Å². The van der Waals surface area contributed by atoms with Gasteiger partial charge in [0.25, 0.3) is 0 Å². The third kappa shape index (κ3) is 1.98. The summed E-state index contributed by atoms with van der Waals surface area (Å²) in [6, 6.07) is 8.51. The van der Waals surface area contributed by atoms with E-state index in [0.29, 0.717) is 6.54 Å². The van der Waals surface area contributed by atoms with Gasteiger partial charge >= 0.3 is 0 Å². The Morgan fingerprint density at radius 2 is 1.94 bits per heavy atom. The van der Waals surface area contributed by atoms with E-state index < -0.39 is 0 Å². The van der Waals surface area contributed by atoms with Crippen molar-refractivity contribution in [3.63, 3.8) is 0 Å². The second-order valence-corrected chi connectivity index (χ2v) is 4.57. The van der Waals surface area contributed by atoms with Crippen molar-refractivity contribution in [2.75, 3.05) is 0 Å². The molecule has 0 aliphatic heterocycles. The first-order chi connectivity index (χ1) is 8.36. The van der Waals surface area contributed by atoms with Gasteiger partial charge in [-0.3, -0.25) is 0 Å². The maximum atomic E-state index is 5.52. The molecular formula is C14H16N2O. The minimum Gasteiger partial charge on any atom is -0.359 e. The van der Waals surface area contributed by atoms with Crippen LogP contribution in [-0.4, -0.2) is 5.16 Å². The van der Waals surface area contributed by atoms with E-state index in [1.807, 2.05) is 6.07 Å². The number of hydrogen-bond donors (Lipinski definition) is 1. The maximum absolute atomic E-state index is 5.52. The Morgan fingerprint density at radius 3 is 2.71 bits per heavy atom. The molecule has 0 radical (unpaired) electrons. The summed E-state index contributed by atoms with van der Waals surface area (Å²) in [5.41, 5.74) is 10.5. The van der Waals surface area contributed by atoms with Crippen LogP contribution in [0.25, 0.3) is 11.3 Å². The summed E-state index contributed by atoms with van der Waals surface area (Å²) in [5.74, 6) is 0.734. The van der Waals surface area contributed by atoms with Gasteiger partial charge in [0.2, 0.25) is 0 Å². The summed E-state index contributed by atoms with van der Waals surface area (Å²) >= 11 is 0. The Labute approximate surface area is 101 Å². The summed E-state index contributed by atoms with van der Waals surface area (Å²) in [6.07, 6.45) is 5.00. The number of rotatable bonds is 2. The molecule has 17 heavy (non-hydrogen) atoms. The molecule has 3 nitrogen and oxygen atoms in total. The lowest BCUT2D eigenvalue weighted by molar-refractivity contribution is 0.387. The third-order valence-electron chi connectivity index (χ3n) is 3.40. The van der Waals surface area contributed by atoms with Crippen molar-refractivity contribution in [3.8, 4) is 11.3 Å². The van der Waals surface area contributed by atoms with Gasteiger partial charge in [0.15, 0.2) is 5.76 Å². The van der Waals surface area contributed by atoms with Gasteiger partial charge in [0, 0.05) is 11.6 Å². The molecule has 2 aromatic rings. The minimum absolute atomic E-state index is 0.401. The lowest BCUT2D eigenvalue weighted by Crippen LogP contribution is -2.02. The average Bonchev–Trinajstić information content (AvgIpc) is 2.87. The van der Waals surface area contributed by atoms with Gasteiger partial charge < -0.3 is 10.3 Å². The van der Waals surface area contributed by atoms with Crippen LogP contribution in [0.1, 0.15) is 29.7 Å². The van der Waals surface area contributed by atoms with E-state index >= 15 is 0 Å². The minimum atomic E-state index is 0.401. The van der Waals surface area contributed by atoms with E-state index in [2.05, 4.69) is 23.4 Å². The van der Waals surface area contributed by atoms with Crippen LogP contribution < -0.4 is 5.73 Å². The second-order valence-electron chi connectivity index (χ2n) is 4.57. The summed E-state index contributed by atoms with van der Waals surface area (Å²) in [5, 5.41) is 4.05. The van der Waals surface area contributed by atoms with Crippen LogP contribution >= 0.6 is 0 Å². The zero-order chi connectivity index (χ0) is 11.7. The highest BCUT2D eigenvalue weighted by molar-refractivity contribution is 5.61. The quantitative estimate of drug-likeness (QED) is 0.859. The number of aromatic nitrogens is 1. The highest BCUT2D eigenvalue weighted by atomic mass is 16.5. The van der Waals surface area contributed by atoms with Gasteiger partial charge in [-0.2, -0.15) is 0 Å². The fourth-order valence-electron chi connectivity index (χ4n) is 2.44. The van der Waals surface area contributed by atoms with Crippen LogP contribution in [0.2, 0.25) is 0 Å². The van der Waals surface area contributed by atoms with Crippen molar-refractivity contribution >= 4 is 0 Å². The molecule has 0 fully saturated rings. The molecule has 0 atom stereocenters. The highest BCUT2D eigenvalue weighted by Gasteiger charge is 2.12. The summed E-state index contributed by atoms with van der Waals surface area (Å²) in [4.78, 5) is 0. The number of hydrogen-bond acceptors (Lipinski definition) is 3. The summed E-state index contributed by atoms with van der Waals surface area (Å²) in [7, 11) is 0. The van der Waals surface area contributed by atoms with Crippen molar-refractivity contribution in [1.82, 2.24) is 5.16 Å².